The zero-order chi connectivity index (χ0) is 20.3. The second-order valence-corrected chi connectivity index (χ2v) is 7.31. The number of hydrogen-bond donors (Lipinski definition) is 1. The number of hydrogen-bond acceptors (Lipinski definition) is 6. The van der Waals surface area contributed by atoms with Gasteiger partial charge in [-0.05, 0) is 37.1 Å². The van der Waals surface area contributed by atoms with Crippen molar-refractivity contribution >= 4 is 23.5 Å². The van der Waals surface area contributed by atoms with E-state index in [-0.39, 0.29) is 13.0 Å². The highest BCUT2D eigenvalue weighted by molar-refractivity contribution is 6.21. The van der Waals surface area contributed by atoms with Crippen molar-refractivity contribution in [3.8, 4) is 0 Å². The first kappa shape index (κ1) is 20.3. The summed E-state index contributed by atoms with van der Waals surface area (Å²) < 4.78 is 16.1. The molecule has 2 aromatic rings. The fourth-order valence-corrected chi connectivity index (χ4v) is 3.30. The molecule has 1 fully saturated rings. The maximum Gasteiger partial charge on any atom is 0.338 e. The highest BCUT2D eigenvalue weighted by atomic mass is 35.5. The first-order valence-electron chi connectivity index (χ1n) is 8.85. The van der Waals surface area contributed by atoms with Crippen LogP contribution < -0.4 is 0 Å². The van der Waals surface area contributed by atoms with Gasteiger partial charge in [0.05, 0.1) is 17.5 Å². The van der Waals surface area contributed by atoms with Crippen molar-refractivity contribution in [3.05, 3.63) is 70.8 Å². The van der Waals surface area contributed by atoms with Gasteiger partial charge in [-0.25, -0.2) is 9.59 Å². The Morgan fingerprint density at radius 2 is 1.61 bits per heavy atom. The number of carbonyl (C=O) groups is 2. The number of ether oxygens (including phenoxy) is 3. The van der Waals surface area contributed by atoms with E-state index in [0.29, 0.717) is 11.1 Å². The number of aliphatic hydroxyl groups is 1. The van der Waals surface area contributed by atoms with Crippen LogP contribution in [0.1, 0.15) is 38.3 Å². The normalized spacial score (nSPS) is 24.0. The van der Waals surface area contributed by atoms with E-state index < -0.39 is 29.4 Å². The third-order valence-electron chi connectivity index (χ3n) is 4.57. The third-order valence-corrected chi connectivity index (χ3v) is 4.81. The lowest BCUT2D eigenvalue weighted by atomic mass is 10.1. The molecule has 0 amide bonds. The fraction of sp³-hybridized carbons (Fsp3) is 0.333. The number of carbonyl (C=O) groups excluding carboxylic acids is 2. The molecular formula is C21H21ClO6. The van der Waals surface area contributed by atoms with Gasteiger partial charge in [0.1, 0.15) is 18.8 Å². The van der Waals surface area contributed by atoms with Crippen LogP contribution >= 0.6 is 11.6 Å². The molecule has 0 saturated carbocycles. The molecule has 0 radical (unpaired) electrons. The Bertz CT molecular complexity index is 879. The van der Waals surface area contributed by atoms with Gasteiger partial charge in [0.25, 0.3) is 0 Å². The fourth-order valence-electron chi connectivity index (χ4n) is 3.03. The second-order valence-electron chi connectivity index (χ2n) is 6.72. The molecule has 0 bridgehead atoms. The smallest absolute Gasteiger partial charge is 0.338 e. The molecule has 3 rings (SSSR count). The van der Waals surface area contributed by atoms with Crippen LogP contribution in [0, 0.1) is 13.8 Å². The summed E-state index contributed by atoms with van der Waals surface area (Å²) in [6.07, 6.45) is -1.89. The average Bonchev–Trinajstić information content (AvgIpc) is 2.93. The van der Waals surface area contributed by atoms with Crippen LogP contribution in [-0.2, 0) is 14.2 Å². The molecule has 0 unspecified atom stereocenters. The van der Waals surface area contributed by atoms with E-state index in [4.69, 9.17) is 25.8 Å². The largest absolute Gasteiger partial charge is 0.459 e. The molecular weight excluding hydrogens is 384 g/mol. The Hall–Kier alpha value is -2.41. The standard InChI is InChI=1S/C21H21ClO6/c1-13-7-3-5-9-15(13)19(23)26-12-18-17(11-21(22,25)28-18)27-20(24)16-10-6-4-8-14(16)2/h3-10,17-18,25H,11-12H2,1-2H3/t17-,18+,21+/m0/s1. The van der Waals surface area contributed by atoms with Crippen molar-refractivity contribution in [1.82, 2.24) is 0 Å². The van der Waals surface area contributed by atoms with E-state index in [9.17, 15) is 14.7 Å². The molecule has 3 atom stereocenters. The van der Waals surface area contributed by atoms with E-state index in [1.165, 1.54) is 0 Å². The Labute approximate surface area is 168 Å². The van der Waals surface area contributed by atoms with Gasteiger partial charge >= 0.3 is 11.9 Å². The lowest BCUT2D eigenvalue weighted by molar-refractivity contribution is -0.140. The molecule has 1 N–H and O–H groups in total. The van der Waals surface area contributed by atoms with E-state index in [2.05, 4.69) is 0 Å². The molecule has 148 valence electrons. The monoisotopic (exact) mass is 404 g/mol. The first-order valence-corrected chi connectivity index (χ1v) is 9.23. The van der Waals surface area contributed by atoms with E-state index in [1.807, 2.05) is 12.1 Å². The third kappa shape index (κ3) is 4.70. The van der Waals surface area contributed by atoms with Crippen LogP contribution in [0.4, 0.5) is 0 Å². The quantitative estimate of drug-likeness (QED) is 0.607. The number of esters is 2. The van der Waals surface area contributed by atoms with Crippen molar-refractivity contribution in [2.24, 2.45) is 0 Å². The predicted molar refractivity (Wildman–Crippen MR) is 102 cm³/mol. The summed E-state index contributed by atoms with van der Waals surface area (Å²) in [5.74, 6) is -1.09. The van der Waals surface area contributed by atoms with E-state index in [0.717, 1.165) is 11.1 Å². The van der Waals surface area contributed by atoms with Gasteiger partial charge < -0.3 is 19.3 Å². The number of rotatable bonds is 5. The number of halogens is 1. The van der Waals surface area contributed by atoms with Crippen molar-refractivity contribution in [1.29, 1.82) is 0 Å². The van der Waals surface area contributed by atoms with Crippen LogP contribution in [-0.4, -0.2) is 41.1 Å². The summed E-state index contributed by atoms with van der Waals surface area (Å²) in [5, 5.41) is 8.02. The molecule has 1 saturated heterocycles. The predicted octanol–water partition coefficient (Wildman–Crippen LogP) is 3.36. The van der Waals surface area contributed by atoms with Gasteiger partial charge in [-0.15, -0.1) is 0 Å². The zero-order valence-corrected chi connectivity index (χ0v) is 16.3. The number of benzene rings is 2. The highest BCUT2D eigenvalue weighted by Crippen LogP contribution is 2.34. The number of aryl methyl sites for hydroxylation is 2. The summed E-state index contributed by atoms with van der Waals surface area (Å²) in [4.78, 5) is 24.8. The zero-order valence-electron chi connectivity index (χ0n) is 15.6. The summed E-state index contributed by atoms with van der Waals surface area (Å²) >= 11 is 5.88. The average molecular weight is 405 g/mol. The lowest BCUT2D eigenvalue weighted by Gasteiger charge is -2.19. The van der Waals surface area contributed by atoms with Crippen LogP contribution in [0.2, 0.25) is 0 Å². The van der Waals surface area contributed by atoms with Crippen LogP contribution in [0.15, 0.2) is 48.5 Å². The van der Waals surface area contributed by atoms with Crippen molar-refractivity contribution < 1.29 is 28.9 Å². The summed E-state index contributed by atoms with van der Waals surface area (Å²) in [6.45, 7) is 3.38. The summed E-state index contributed by atoms with van der Waals surface area (Å²) in [7, 11) is 0. The van der Waals surface area contributed by atoms with Gasteiger partial charge in [-0.3, -0.25) is 0 Å². The Morgan fingerprint density at radius 3 is 2.18 bits per heavy atom. The van der Waals surface area contributed by atoms with E-state index in [1.54, 1.807) is 50.2 Å². The maximum absolute atomic E-state index is 12.5. The van der Waals surface area contributed by atoms with Crippen molar-refractivity contribution in [3.63, 3.8) is 0 Å². The molecule has 0 aromatic heterocycles. The first-order chi connectivity index (χ1) is 13.3. The summed E-state index contributed by atoms with van der Waals surface area (Å²) in [6, 6.07) is 14.0. The van der Waals surface area contributed by atoms with Crippen LogP contribution in [0.25, 0.3) is 0 Å². The second kappa shape index (κ2) is 8.31. The molecule has 1 aliphatic heterocycles. The minimum Gasteiger partial charge on any atom is -0.459 e. The molecule has 1 aliphatic rings. The molecule has 1 heterocycles. The van der Waals surface area contributed by atoms with Gasteiger partial charge in [-0.2, -0.15) is 0 Å². The molecule has 0 aliphatic carbocycles. The topological polar surface area (TPSA) is 82.1 Å². The Balaban J connectivity index is 1.67. The van der Waals surface area contributed by atoms with Gasteiger partial charge in [0, 0.05) is 0 Å². The minimum atomic E-state index is -1.99. The van der Waals surface area contributed by atoms with Gasteiger partial charge in [0.15, 0.2) is 0 Å². The van der Waals surface area contributed by atoms with E-state index >= 15 is 0 Å². The lowest BCUT2D eigenvalue weighted by Crippen LogP contribution is -2.32. The molecule has 6 nitrogen and oxygen atoms in total. The molecule has 2 aromatic carbocycles. The van der Waals surface area contributed by atoms with Crippen LogP contribution in [0.5, 0.6) is 0 Å². The van der Waals surface area contributed by atoms with Crippen molar-refractivity contribution in [2.75, 3.05) is 6.61 Å². The Kier molecular flexibility index (Phi) is 6.03. The van der Waals surface area contributed by atoms with Crippen LogP contribution in [0.3, 0.4) is 0 Å². The summed E-state index contributed by atoms with van der Waals surface area (Å²) in [5.41, 5.74) is 2.37. The molecule has 28 heavy (non-hydrogen) atoms. The van der Waals surface area contributed by atoms with Crippen molar-refractivity contribution in [2.45, 2.75) is 37.7 Å². The molecule has 0 spiro atoms. The molecule has 7 heteroatoms. The van der Waals surface area contributed by atoms with Gasteiger partial charge in [-0.1, -0.05) is 48.0 Å². The minimum absolute atomic E-state index is 0.140. The SMILES string of the molecule is Cc1ccccc1C(=O)OC[C@H]1O[C@@](O)(Cl)C[C@@H]1OC(=O)c1ccccc1C. The highest BCUT2D eigenvalue weighted by Gasteiger charge is 2.47. The maximum atomic E-state index is 12.5. The van der Waals surface area contributed by atoms with Gasteiger partial charge in [0.2, 0.25) is 5.25 Å². The Morgan fingerprint density at radius 1 is 1.07 bits per heavy atom. The number of alkyl halides is 1.